The van der Waals surface area contributed by atoms with Crippen molar-refractivity contribution >= 4 is 5.69 Å². The van der Waals surface area contributed by atoms with Crippen LogP contribution in [0.3, 0.4) is 0 Å². The predicted octanol–water partition coefficient (Wildman–Crippen LogP) is 5.80. The smallest absolute Gasteiger partial charge is 0.0375 e. The molecule has 0 fully saturated rings. The largest absolute Gasteiger partial charge is 0.380 e. The van der Waals surface area contributed by atoms with Crippen molar-refractivity contribution in [1.82, 2.24) is 4.98 Å². The first-order chi connectivity index (χ1) is 9.64. The van der Waals surface area contributed by atoms with Crippen LogP contribution in [0.1, 0.15) is 78.6 Å². The minimum atomic E-state index is 0.170. The van der Waals surface area contributed by atoms with E-state index >= 15 is 0 Å². The van der Waals surface area contributed by atoms with Crippen molar-refractivity contribution in [2.75, 3.05) is 5.32 Å². The fourth-order valence-corrected chi connectivity index (χ4v) is 2.59. The molecule has 20 heavy (non-hydrogen) atoms. The van der Waals surface area contributed by atoms with Gasteiger partial charge in [0.05, 0.1) is 0 Å². The first kappa shape index (κ1) is 17.0. The van der Waals surface area contributed by atoms with Crippen molar-refractivity contribution < 1.29 is 0 Å². The maximum Gasteiger partial charge on any atom is 0.0375 e. The van der Waals surface area contributed by atoms with Crippen molar-refractivity contribution in [3.05, 3.63) is 24.5 Å². The Bertz CT molecular complexity index is 333. The summed E-state index contributed by atoms with van der Waals surface area (Å²) in [5.74, 6) is 0. The fraction of sp³-hybridized carbons (Fsp3) is 0.722. The Balaban J connectivity index is 2.08. The maximum atomic E-state index is 4.05. The van der Waals surface area contributed by atoms with Gasteiger partial charge < -0.3 is 5.32 Å². The van der Waals surface area contributed by atoms with Crippen LogP contribution in [-0.2, 0) is 0 Å². The summed E-state index contributed by atoms with van der Waals surface area (Å²) in [5, 5.41) is 3.60. The molecular weight excluding hydrogens is 244 g/mol. The van der Waals surface area contributed by atoms with Crippen LogP contribution in [0.25, 0.3) is 0 Å². The average Bonchev–Trinajstić information content (AvgIpc) is 2.42. The molecule has 1 N–H and O–H groups in total. The normalized spacial score (nSPS) is 11.6. The Morgan fingerprint density at radius 3 is 2.05 bits per heavy atom. The number of hydrogen-bond donors (Lipinski definition) is 1. The molecule has 0 saturated carbocycles. The molecule has 0 atom stereocenters. The first-order valence-corrected chi connectivity index (χ1v) is 8.32. The first-order valence-electron chi connectivity index (χ1n) is 8.32. The van der Waals surface area contributed by atoms with Gasteiger partial charge in [-0.15, -0.1) is 0 Å². The lowest BCUT2D eigenvalue weighted by Crippen LogP contribution is -2.30. The van der Waals surface area contributed by atoms with E-state index in [1.165, 1.54) is 63.5 Å². The molecular formula is C18H32N2. The van der Waals surface area contributed by atoms with Crippen molar-refractivity contribution in [3.8, 4) is 0 Å². The Morgan fingerprint density at radius 1 is 0.900 bits per heavy atom. The fourth-order valence-electron chi connectivity index (χ4n) is 2.59. The lowest BCUT2D eigenvalue weighted by atomic mass is 9.95. The van der Waals surface area contributed by atoms with Crippen LogP contribution in [0.4, 0.5) is 5.69 Å². The quantitative estimate of drug-likeness (QED) is 0.516. The molecule has 2 nitrogen and oxygen atoms in total. The van der Waals surface area contributed by atoms with Crippen molar-refractivity contribution in [2.45, 2.75) is 84.1 Å². The van der Waals surface area contributed by atoms with E-state index in [0.29, 0.717) is 0 Å². The average molecular weight is 276 g/mol. The molecule has 1 aromatic heterocycles. The molecule has 114 valence electrons. The molecule has 0 spiro atoms. The second-order valence-corrected chi connectivity index (χ2v) is 6.47. The molecule has 0 saturated heterocycles. The summed E-state index contributed by atoms with van der Waals surface area (Å²) >= 11 is 0. The SMILES string of the molecule is CCCCCCCCCCC(C)(C)Nc1ccncc1. The van der Waals surface area contributed by atoms with E-state index in [2.05, 4.69) is 31.1 Å². The summed E-state index contributed by atoms with van der Waals surface area (Å²) in [4.78, 5) is 4.05. The molecule has 0 unspecified atom stereocenters. The van der Waals surface area contributed by atoms with Gasteiger partial charge in [-0.2, -0.15) is 0 Å². The third-order valence-electron chi connectivity index (χ3n) is 3.82. The summed E-state index contributed by atoms with van der Waals surface area (Å²) < 4.78 is 0. The zero-order valence-electron chi connectivity index (χ0n) is 13.6. The highest BCUT2D eigenvalue weighted by molar-refractivity contribution is 5.43. The van der Waals surface area contributed by atoms with Gasteiger partial charge in [0.25, 0.3) is 0 Å². The minimum Gasteiger partial charge on any atom is -0.380 e. The van der Waals surface area contributed by atoms with Crippen LogP contribution >= 0.6 is 0 Å². The number of nitrogens with zero attached hydrogens (tertiary/aromatic N) is 1. The molecule has 0 aromatic carbocycles. The van der Waals surface area contributed by atoms with Crippen molar-refractivity contribution in [2.24, 2.45) is 0 Å². The number of unbranched alkanes of at least 4 members (excludes halogenated alkanes) is 7. The Kier molecular flexibility index (Phi) is 8.32. The van der Waals surface area contributed by atoms with Crippen LogP contribution in [-0.4, -0.2) is 10.5 Å². The number of hydrogen-bond acceptors (Lipinski definition) is 2. The molecule has 1 rings (SSSR count). The second kappa shape index (κ2) is 9.79. The van der Waals surface area contributed by atoms with Gasteiger partial charge in [-0.25, -0.2) is 0 Å². The summed E-state index contributed by atoms with van der Waals surface area (Å²) in [6.07, 6.45) is 16.0. The van der Waals surface area contributed by atoms with Gasteiger partial charge in [0.1, 0.15) is 0 Å². The highest BCUT2D eigenvalue weighted by Crippen LogP contribution is 2.21. The standard InChI is InChI=1S/C18H32N2/c1-4-5-6-7-8-9-10-11-14-18(2,3)20-17-12-15-19-16-13-17/h12-13,15-16H,4-11,14H2,1-3H3,(H,19,20). The van der Waals surface area contributed by atoms with Crippen LogP contribution in [0, 0.1) is 0 Å². The molecule has 2 heteroatoms. The molecule has 1 heterocycles. The lowest BCUT2D eigenvalue weighted by Gasteiger charge is -2.27. The van der Waals surface area contributed by atoms with Crippen LogP contribution in [0.15, 0.2) is 24.5 Å². The number of aromatic nitrogens is 1. The summed E-state index contributed by atoms with van der Waals surface area (Å²) in [6.45, 7) is 6.85. The molecule has 0 amide bonds. The molecule has 0 radical (unpaired) electrons. The van der Waals surface area contributed by atoms with Crippen LogP contribution < -0.4 is 5.32 Å². The van der Waals surface area contributed by atoms with Gasteiger partial charge in [0.15, 0.2) is 0 Å². The van der Waals surface area contributed by atoms with Crippen molar-refractivity contribution in [1.29, 1.82) is 0 Å². The lowest BCUT2D eigenvalue weighted by molar-refractivity contribution is 0.470. The Labute approximate surface area is 125 Å². The Morgan fingerprint density at radius 2 is 1.45 bits per heavy atom. The third kappa shape index (κ3) is 8.19. The maximum absolute atomic E-state index is 4.05. The van der Waals surface area contributed by atoms with Crippen LogP contribution in [0.5, 0.6) is 0 Å². The Hall–Kier alpha value is -1.05. The van der Waals surface area contributed by atoms with Gasteiger partial charge in [-0.05, 0) is 32.4 Å². The summed E-state index contributed by atoms with van der Waals surface area (Å²) in [6, 6.07) is 4.07. The van der Waals surface area contributed by atoms with E-state index in [1.807, 2.05) is 24.5 Å². The zero-order valence-corrected chi connectivity index (χ0v) is 13.6. The highest BCUT2D eigenvalue weighted by atomic mass is 15.0. The van der Waals surface area contributed by atoms with E-state index < -0.39 is 0 Å². The van der Waals surface area contributed by atoms with Gasteiger partial charge in [-0.3, -0.25) is 4.98 Å². The van der Waals surface area contributed by atoms with E-state index in [9.17, 15) is 0 Å². The second-order valence-electron chi connectivity index (χ2n) is 6.47. The monoisotopic (exact) mass is 276 g/mol. The van der Waals surface area contributed by atoms with Gasteiger partial charge in [0.2, 0.25) is 0 Å². The summed E-state index contributed by atoms with van der Waals surface area (Å²) in [7, 11) is 0. The highest BCUT2D eigenvalue weighted by Gasteiger charge is 2.16. The van der Waals surface area contributed by atoms with Gasteiger partial charge in [0, 0.05) is 23.6 Å². The number of anilines is 1. The van der Waals surface area contributed by atoms with E-state index in [0.717, 1.165) is 0 Å². The zero-order chi connectivity index (χ0) is 14.7. The third-order valence-corrected chi connectivity index (χ3v) is 3.82. The molecule has 0 bridgehead atoms. The minimum absolute atomic E-state index is 0.170. The summed E-state index contributed by atoms with van der Waals surface area (Å²) in [5.41, 5.74) is 1.34. The number of nitrogens with one attached hydrogen (secondary N) is 1. The van der Waals surface area contributed by atoms with E-state index in [-0.39, 0.29) is 5.54 Å². The molecule has 0 aliphatic carbocycles. The topological polar surface area (TPSA) is 24.9 Å². The van der Waals surface area contributed by atoms with Gasteiger partial charge in [-0.1, -0.05) is 58.3 Å². The predicted molar refractivity (Wildman–Crippen MR) is 89.2 cm³/mol. The molecule has 1 aromatic rings. The molecule has 0 aliphatic rings. The van der Waals surface area contributed by atoms with Crippen LogP contribution in [0.2, 0.25) is 0 Å². The number of pyridine rings is 1. The molecule has 0 aliphatic heterocycles. The van der Waals surface area contributed by atoms with E-state index in [1.54, 1.807) is 0 Å². The van der Waals surface area contributed by atoms with Gasteiger partial charge >= 0.3 is 0 Å². The van der Waals surface area contributed by atoms with Crippen molar-refractivity contribution in [3.63, 3.8) is 0 Å². The number of rotatable bonds is 11. The van der Waals surface area contributed by atoms with E-state index in [4.69, 9.17) is 0 Å².